The first kappa shape index (κ1) is 16.3. The Kier molecular flexibility index (Phi) is 5.62. The molecule has 2 aliphatic heterocycles. The van der Waals surface area contributed by atoms with Crippen molar-refractivity contribution in [2.24, 2.45) is 0 Å². The van der Waals surface area contributed by atoms with Crippen molar-refractivity contribution >= 4 is 11.9 Å². The molecule has 2 aliphatic rings. The molecule has 0 aromatic carbocycles. The Morgan fingerprint density at radius 2 is 1.81 bits per heavy atom. The summed E-state index contributed by atoms with van der Waals surface area (Å²) in [5.41, 5.74) is -0.694. The van der Waals surface area contributed by atoms with E-state index < -0.39 is 5.54 Å². The molecule has 2 saturated heterocycles. The molecule has 1 atom stereocenters. The van der Waals surface area contributed by atoms with E-state index in [1.165, 1.54) is 24.2 Å². The fraction of sp³-hybridized carbons (Fsp3) is 0.875. The molecule has 2 fully saturated rings. The minimum atomic E-state index is -0.694. The van der Waals surface area contributed by atoms with E-state index in [4.69, 9.17) is 0 Å². The zero-order valence-electron chi connectivity index (χ0n) is 13.5. The zero-order valence-corrected chi connectivity index (χ0v) is 13.5. The first-order valence-electron chi connectivity index (χ1n) is 8.43. The van der Waals surface area contributed by atoms with Crippen LogP contribution < -0.4 is 5.32 Å². The Balaban J connectivity index is 1.88. The lowest BCUT2D eigenvalue weighted by atomic mass is 9.94. The van der Waals surface area contributed by atoms with Crippen LogP contribution in [0.5, 0.6) is 0 Å². The van der Waals surface area contributed by atoms with Gasteiger partial charge in [0, 0.05) is 0 Å². The zero-order chi connectivity index (χ0) is 15.3. The first-order valence-corrected chi connectivity index (χ1v) is 8.43. The van der Waals surface area contributed by atoms with Gasteiger partial charge in [0.25, 0.3) is 5.91 Å². The maximum absolute atomic E-state index is 12.6. The summed E-state index contributed by atoms with van der Waals surface area (Å²) in [7, 11) is 0. The van der Waals surface area contributed by atoms with Crippen molar-refractivity contribution in [3.8, 4) is 0 Å². The molecule has 0 spiro atoms. The number of carbonyl (C=O) groups excluding carboxylic acids is 2. The number of nitrogens with zero attached hydrogens (tertiary/aromatic N) is 2. The van der Waals surface area contributed by atoms with Crippen LogP contribution in [0.4, 0.5) is 4.79 Å². The van der Waals surface area contributed by atoms with E-state index in [1.54, 1.807) is 0 Å². The molecule has 5 heteroatoms. The van der Waals surface area contributed by atoms with Crippen molar-refractivity contribution in [1.29, 1.82) is 0 Å². The maximum Gasteiger partial charge on any atom is 0.326 e. The fourth-order valence-corrected chi connectivity index (χ4v) is 3.25. The molecular formula is C16H29N3O2. The highest BCUT2D eigenvalue weighted by Gasteiger charge is 2.47. The van der Waals surface area contributed by atoms with Crippen molar-refractivity contribution in [1.82, 2.24) is 15.1 Å². The van der Waals surface area contributed by atoms with Crippen molar-refractivity contribution in [2.75, 3.05) is 19.8 Å². The van der Waals surface area contributed by atoms with Crippen LogP contribution in [-0.4, -0.2) is 47.0 Å². The molecule has 1 N–H and O–H groups in total. The number of hydrogen-bond acceptors (Lipinski definition) is 3. The third-order valence-electron chi connectivity index (χ3n) is 4.67. The Hall–Kier alpha value is -1.10. The number of piperidine rings is 1. The minimum Gasteiger partial charge on any atom is -0.323 e. The van der Waals surface area contributed by atoms with Crippen LogP contribution in [0.15, 0.2) is 0 Å². The lowest BCUT2D eigenvalue weighted by Crippen LogP contribution is -2.46. The van der Waals surface area contributed by atoms with E-state index in [9.17, 15) is 9.59 Å². The second-order valence-electron chi connectivity index (χ2n) is 6.63. The molecule has 0 radical (unpaired) electrons. The normalized spacial score (nSPS) is 27.2. The van der Waals surface area contributed by atoms with E-state index in [2.05, 4.69) is 17.1 Å². The van der Waals surface area contributed by atoms with Crippen molar-refractivity contribution < 1.29 is 9.59 Å². The number of unbranched alkanes of at least 4 members (excludes halogenated alkanes) is 3. The first-order chi connectivity index (χ1) is 10.1. The molecule has 21 heavy (non-hydrogen) atoms. The van der Waals surface area contributed by atoms with Crippen LogP contribution in [0, 0.1) is 0 Å². The standard InChI is InChI=1S/C16H29N3O2/c1-3-4-5-7-10-16(2)14(20)19(15(21)17-16)13-18-11-8-6-9-12-18/h3-13H2,1-2H3,(H,17,21). The van der Waals surface area contributed by atoms with Crippen LogP contribution in [0.3, 0.4) is 0 Å². The van der Waals surface area contributed by atoms with E-state index >= 15 is 0 Å². The van der Waals surface area contributed by atoms with E-state index in [-0.39, 0.29) is 11.9 Å². The van der Waals surface area contributed by atoms with Crippen LogP contribution in [-0.2, 0) is 4.79 Å². The largest absolute Gasteiger partial charge is 0.326 e. The van der Waals surface area contributed by atoms with Gasteiger partial charge in [0.1, 0.15) is 5.54 Å². The van der Waals surface area contributed by atoms with Crippen molar-refractivity contribution in [2.45, 2.75) is 70.8 Å². The van der Waals surface area contributed by atoms with Gasteiger partial charge < -0.3 is 5.32 Å². The Bertz CT molecular complexity index is 380. The topological polar surface area (TPSA) is 52.7 Å². The summed E-state index contributed by atoms with van der Waals surface area (Å²) in [6.07, 6.45) is 8.82. The summed E-state index contributed by atoms with van der Waals surface area (Å²) in [6.45, 7) is 6.48. The lowest BCUT2D eigenvalue weighted by molar-refractivity contribution is -0.132. The monoisotopic (exact) mass is 295 g/mol. The summed E-state index contributed by atoms with van der Waals surface area (Å²) in [6, 6.07) is -0.219. The number of likely N-dealkylation sites (tertiary alicyclic amines) is 1. The molecule has 3 amide bonds. The van der Waals surface area contributed by atoms with Gasteiger partial charge in [0.2, 0.25) is 0 Å². The highest BCUT2D eigenvalue weighted by molar-refractivity contribution is 6.06. The number of nitrogens with one attached hydrogen (secondary N) is 1. The molecule has 2 heterocycles. The van der Waals surface area contributed by atoms with Crippen molar-refractivity contribution in [3.05, 3.63) is 0 Å². The third kappa shape index (κ3) is 3.96. The summed E-state index contributed by atoms with van der Waals surface area (Å²) in [5, 5.41) is 2.91. The number of hydrogen-bond donors (Lipinski definition) is 1. The summed E-state index contributed by atoms with van der Waals surface area (Å²) >= 11 is 0. The highest BCUT2D eigenvalue weighted by atomic mass is 16.2. The maximum atomic E-state index is 12.6. The highest BCUT2D eigenvalue weighted by Crippen LogP contribution is 2.24. The SMILES string of the molecule is CCCCCCC1(C)NC(=O)N(CN2CCCCC2)C1=O. The average molecular weight is 295 g/mol. The number of amides is 3. The molecule has 2 rings (SSSR count). The predicted molar refractivity (Wildman–Crippen MR) is 82.8 cm³/mol. The Morgan fingerprint density at radius 1 is 1.10 bits per heavy atom. The molecule has 0 aliphatic carbocycles. The quantitative estimate of drug-likeness (QED) is 0.580. The third-order valence-corrected chi connectivity index (χ3v) is 4.67. The van der Waals surface area contributed by atoms with Crippen LogP contribution in [0.1, 0.15) is 65.2 Å². The van der Waals surface area contributed by atoms with Gasteiger partial charge in [-0.05, 0) is 39.3 Å². The summed E-state index contributed by atoms with van der Waals surface area (Å²) < 4.78 is 0. The second kappa shape index (κ2) is 7.25. The molecule has 1 unspecified atom stereocenters. The van der Waals surface area contributed by atoms with Gasteiger partial charge in [0.05, 0.1) is 6.67 Å². The molecule has 0 aromatic rings. The van der Waals surface area contributed by atoms with Gasteiger partial charge in [-0.2, -0.15) is 0 Å². The molecule has 0 saturated carbocycles. The number of imide groups is 1. The van der Waals surface area contributed by atoms with E-state index in [1.807, 2.05) is 6.92 Å². The van der Waals surface area contributed by atoms with Gasteiger partial charge in [-0.15, -0.1) is 0 Å². The van der Waals surface area contributed by atoms with Crippen molar-refractivity contribution in [3.63, 3.8) is 0 Å². The Labute approximate surface area is 128 Å². The smallest absolute Gasteiger partial charge is 0.323 e. The lowest BCUT2D eigenvalue weighted by Gasteiger charge is -2.29. The number of urea groups is 1. The molecular weight excluding hydrogens is 266 g/mol. The molecule has 5 nitrogen and oxygen atoms in total. The fourth-order valence-electron chi connectivity index (χ4n) is 3.25. The van der Waals surface area contributed by atoms with Crippen LogP contribution >= 0.6 is 0 Å². The second-order valence-corrected chi connectivity index (χ2v) is 6.63. The summed E-state index contributed by atoms with van der Waals surface area (Å²) in [4.78, 5) is 28.3. The van der Waals surface area contributed by atoms with Gasteiger partial charge in [-0.25, -0.2) is 9.69 Å². The van der Waals surface area contributed by atoms with Gasteiger partial charge in [-0.3, -0.25) is 9.69 Å². The van der Waals surface area contributed by atoms with E-state index in [0.717, 1.165) is 45.2 Å². The molecule has 0 bridgehead atoms. The predicted octanol–water partition coefficient (Wildman–Crippen LogP) is 2.71. The average Bonchev–Trinajstić information content (AvgIpc) is 2.69. The van der Waals surface area contributed by atoms with Gasteiger partial charge in [-0.1, -0.05) is 39.0 Å². The molecule has 0 aromatic heterocycles. The Morgan fingerprint density at radius 3 is 2.48 bits per heavy atom. The summed E-state index contributed by atoms with van der Waals surface area (Å²) in [5.74, 6) is -0.0467. The van der Waals surface area contributed by atoms with E-state index in [0.29, 0.717) is 6.67 Å². The number of carbonyl (C=O) groups is 2. The van der Waals surface area contributed by atoms with Gasteiger partial charge in [0.15, 0.2) is 0 Å². The number of rotatable bonds is 7. The minimum absolute atomic E-state index is 0.0467. The van der Waals surface area contributed by atoms with Gasteiger partial charge >= 0.3 is 6.03 Å². The van der Waals surface area contributed by atoms with Crippen LogP contribution in [0.2, 0.25) is 0 Å². The van der Waals surface area contributed by atoms with Crippen LogP contribution in [0.25, 0.3) is 0 Å². The molecule has 120 valence electrons.